The molecule has 8 nitrogen and oxygen atoms in total. The Morgan fingerprint density at radius 2 is 1.67 bits per heavy atom. The number of halogens is 1. The number of benzene rings is 3. The van der Waals surface area contributed by atoms with E-state index in [0.717, 1.165) is 17.3 Å². The number of fused-ring (bicyclic) bond motifs is 1. The van der Waals surface area contributed by atoms with Crippen molar-refractivity contribution < 1.29 is 17.6 Å². The summed E-state index contributed by atoms with van der Waals surface area (Å²) in [7, 11) is -4.07. The fraction of sp³-hybridized carbons (Fsp3) is 0.240. The molecule has 1 N–H and O–H groups in total. The van der Waals surface area contributed by atoms with Crippen molar-refractivity contribution in [2.24, 2.45) is 0 Å². The molecule has 0 aliphatic carbocycles. The number of rotatable bonds is 7. The van der Waals surface area contributed by atoms with Crippen LogP contribution >= 0.6 is 11.7 Å². The summed E-state index contributed by atoms with van der Waals surface area (Å²) in [4.78, 5) is 17.1. The van der Waals surface area contributed by atoms with E-state index >= 15 is 0 Å². The third kappa shape index (κ3) is 5.08. The first-order valence-corrected chi connectivity index (χ1v) is 13.7. The number of carbonyl (C=O) groups excluding carboxylic acids is 1. The number of piperazine rings is 1. The van der Waals surface area contributed by atoms with Crippen molar-refractivity contribution in [1.82, 2.24) is 18.4 Å². The van der Waals surface area contributed by atoms with Crippen molar-refractivity contribution in [3.8, 4) is 0 Å². The first-order valence-electron chi connectivity index (χ1n) is 11.5. The lowest BCUT2D eigenvalue weighted by atomic mass is 10.1. The SMILES string of the molecule is O=C([C@H](Cc1ccccc1)NS(=O)(=O)c1cccc2nsnc12)N1CCN(c2ccccc2F)CC1. The molecule has 4 aromatic rings. The second kappa shape index (κ2) is 10.3. The highest BCUT2D eigenvalue weighted by molar-refractivity contribution is 7.89. The number of carbonyl (C=O) groups is 1. The summed E-state index contributed by atoms with van der Waals surface area (Å²) in [6.07, 6.45) is 0.192. The third-order valence-corrected chi connectivity index (χ3v) is 8.25. The van der Waals surface area contributed by atoms with Gasteiger partial charge in [-0.15, -0.1) is 0 Å². The summed E-state index contributed by atoms with van der Waals surface area (Å²) in [5, 5.41) is 0. The Hall–Kier alpha value is -3.41. The Bertz CT molecular complexity index is 1470. The molecule has 1 aromatic heterocycles. The molecule has 2 heterocycles. The smallest absolute Gasteiger partial charge is 0.243 e. The van der Waals surface area contributed by atoms with Gasteiger partial charge in [0.25, 0.3) is 0 Å². The molecule has 1 aliphatic heterocycles. The number of amides is 1. The summed E-state index contributed by atoms with van der Waals surface area (Å²) < 4.78 is 51.9. The Morgan fingerprint density at radius 3 is 2.42 bits per heavy atom. The molecule has 0 radical (unpaired) electrons. The minimum absolute atomic E-state index is 0.0102. The van der Waals surface area contributed by atoms with Gasteiger partial charge in [-0.2, -0.15) is 13.5 Å². The van der Waals surface area contributed by atoms with Crippen molar-refractivity contribution in [3.63, 3.8) is 0 Å². The quantitative estimate of drug-likeness (QED) is 0.399. The maximum Gasteiger partial charge on any atom is 0.243 e. The number of anilines is 1. The zero-order chi connectivity index (χ0) is 25.1. The zero-order valence-corrected chi connectivity index (χ0v) is 20.9. The van der Waals surface area contributed by atoms with Crippen LogP contribution in [0.1, 0.15) is 5.56 Å². The molecular weight excluding hydrogens is 501 g/mol. The lowest BCUT2D eigenvalue weighted by molar-refractivity contribution is -0.133. The molecule has 0 saturated carbocycles. The van der Waals surface area contributed by atoms with Gasteiger partial charge in [-0.3, -0.25) is 4.79 Å². The largest absolute Gasteiger partial charge is 0.366 e. The fourth-order valence-corrected chi connectivity index (χ4v) is 6.33. The van der Waals surface area contributed by atoms with E-state index < -0.39 is 16.1 Å². The van der Waals surface area contributed by atoms with Crippen molar-refractivity contribution in [2.45, 2.75) is 17.4 Å². The summed E-state index contributed by atoms with van der Waals surface area (Å²) in [6, 6.07) is 19.6. The number of sulfonamides is 1. The minimum atomic E-state index is -4.07. The van der Waals surface area contributed by atoms with Gasteiger partial charge < -0.3 is 9.80 Å². The number of para-hydroxylation sites is 1. The fourth-order valence-electron chi connectivity index (χ4n) is 4.37. The molecule has 1 atom stereocenters. The molecule has 3 aromatic carbocycles. The van der Waals surface area contributed by atoms with E-state index in [1.54, 1.807) is 35.2 Å². The van der Waals surface area contributed by atoms with Gasteiger partial charge in [0.2, 0.25) is 15.9 Å². The highest BCUT2D eigenvalue weighted by atomic mass is 32.2. The Morgan fingerprint density at radius 1 is 0.944 bits per heavy atom. The first-order chi connectivity index (χ1) is 17.4. The average Bonchev–Trinajstić information content (AvgIpc) is 3.38. The molecule has 5 rings (SSSR count). The minimum Gasteiger partial charge on any atom is -0.366 e. The van der Waals surface area contributed by atoms with E-state index in [-0.39, 0.29) is 28.6 Å². The number of hydrogen-bond donors (Lipinski definition) is 1. The van der Waals surface area contributed by atoms with Crippen LogP contribution in [0, 0.1) is 5.82 Å². The van der Waals surface area contributed by atoms with E-state index in [0.29, 0.717) is 37.4 Å². The number of nitrogens with zero attached hydrogens (tertiary/aromatic N) is 4. The van der Waals surface area contributed by atoms with Crippen LogP contribution < -0.4 is 9.62 Å². The van der Waals surface area contributed by atoms with Gasteiger partial charge in [0.15, 0.2) is 0 Å². The predicted molar refractivity (Wildman–Crippen MR) is 137 cm³/mol. The molecule has 0 unspecified atom stereocenters. The van der Waals surface area contributed by atoms with Crippen LogP contribution in [-0.4, -0.2) is 60.2 Å². The van der Waals surface area contributed by atoms with E-state index in [1.165, 1.54) is 12.1 Å². The normalized spacial score (nSPS) is 15.2. The predicted octanol–water partition coefficient (Wildman–Crippen LogP) is 3.07. The molecule has 1 aliphatic rings. The number of nitrogens with one attached hydrogen (secondary N) is 1. The van der Waals surface area contributed by atoms with Gasteiger partial charge >= 0.3 is 0 Å². The summed E-state index contributed by atoms with van der Waals surface area (Å²) in [6.45, 7) is 1.60. The van der Waals surface area contributed by atoms with Crippen molar-refractivity contribution in [3.05, 3.63) is 84.2 Å². The van der Waals surface area contributed by atoms with Gasteiger partial charge in [0, 0.05) is 26.2 Å². The molecule has 11 heteroatoms. The van der Waals surface area contributed by atoms with E-state index in [2.05, 4.69) is 13.5 Å². The molecule has 1 saturated heterocycles. The van der Waals surface area contributed by atoms with Gasteiger partial charge in [-0.1, -0.05) is 48.5 Å². The second-order valence-electron chi connectivity index (χ2n) is 8.52. The van der Waals surface area contributed by atoms with Crippen LogP contribution in [0.5, 0.6) is 0 Å². The van der Waals surface area contributed by atoms with Crippen LogP contribution in [0.25, 0.3) is 11.0 Å². The highest BCUT2D eigenvalue weighted by Crippen LogP contribution is 2.23. The van der Waals surface area contributed by atoms with Crippen molar-refractivity contribution in [2.75, 3.05) is 31.1 Å². The van der Waals surface area contributed by atoms with Gasteiger partial charge in [-0.05, 0) is 36.2 Å². The Labute approximate surface area is 212 Å². The van der Waals surface area contributed by atoms with Gasteiger partial charge in [0.05, 0.1) is 17.4 Å². The van der Waals surface area contributed by atoms with E-state index in [1.807, 2.05) is 35.2 Å². The average molecular weight is 526 g/mol. The van der Waals surface area contributed by atoms with Crippen LogP contribution in [0.15, 0.2) is 77.7 Å². The monoisotopic (exact) mass is 525 g/mol. The highest BCUT2D eigenvalue weighted by Gasteiger charge is 2.32. The van der Waals surface area contributed by atoms with Crippen molar-refractivity contribution in [1.29, 1.82) is 0 Å². The molecule has 186 valence electrons. The maximum absolute atomic E-state index is 14.2. The lowest BCUT2D eigenvalue weighted by Crippen LogP contribution is -2.55. The van der Waals surface area contributed by atoms with Crippen LogP contribution in [-0.2, 0) is 21.2 Å². The lowest BCUT2D eigenvalue weighted by Gasteiger charge is -2.37. The molecule has 1 fully saturated rings. The Kier molecular flexibility index (Phi) is 6.95. The van der Waals surface area contributed by atoms with Gasteiger partial charge in [-0.25, -0.2) is 12.8 Å². The second-order valence-corrected chi connectivity index (χ2v) is 10.7. The summed E-state index contributed by atoms with van der Waals surface area (Å²) in [5.41, 5.74) is 2.09. The topological polar surface area (TPSA) is 95.5 Å². The standard InChI is InChI=1S/C25H24FN5O3S2/c26-19-9-4-5-11-22(19)30-13-15-31(16-14-30)25(32)21(17-18-7-2-1-3-8-18)29-36(33,34)23-12-6-10-20-24(23)28-35-27-20/h1-12,21,29H,13-17H2/t21-/m0/s1. The summed E-state index contributed by atoms with van der Waals surface area (Å²) in [5.74, 6) is -0.628. The Balaban J connectivity index is 1.37. The number of hydrogen-bond acceptors (Lipinski definition) is 7. The van der Waals surface area contributed by atoms with Crippen LogP contribution in [0.4, 0.5) is 10.1 Å². The van der Waals surface area contributed by atoms with Gasteiger partial charge in [0.1, 0.15) is 27.8 Å². The zero-order valence-electron chi connectivity index (χ0n) is 19.2. The third-order valence-electron chi connectivity index (χ3n) is 6.20. The van der Waals surface area contributed by atoms with Crippen LogP contribution in [0.3, 0.4) is 0 Å². The maximum atomic E-state index is 14.2. The summed E-state index contributed by atoms with van der Waals surface area (Å²) >= 11 is 0.934. The molecule has 1 amide bonds. The van der Waals surface area contributed by atoms with E-state index in [9.17, 15) is 17.6 Å². The van der Waals surface area contributed by atoms with E-state index in [4.69, 9.17) is 0 Å². The first kappa shape index (κ1) is 24.3. The van der Waals surface area contributed by atoms with Crippen LogP contribution in [0.2, 0.25) is 0 Å². The molecule has 0 spiro atoms. The number of aromatic nitrogens is 2. The molecule has 0 bridgehead atoms. The molecular formula is C25H24FN5O3S2. The molecule has 36 heavy (non-hydrogen) atoms. The van der Waals surface area contributed by atoms with Crippen molar-refractivity contribution >= 4 is 44.4 Å².